The highest BCUT2D eigenvalue weighted by atomic mass is 19.4. The van der Waals surface area contributed by atoms with Crippen LogP contribution in [-0.2, 0) is 13.6 Å². The molecule has 0 saturated heterocycles. The van der Waals surface area contributed by atoms with Gasteiger partial charge in [0.2, 0.25) is 0 Å². The Morgan fingerprint density at radius 3 is 2.83 bits per heavy atom. The van der Waals surface area contributed by atoms with Crippen LogP contribution < -0.4 is 10.6 Å². The summed E-state index contributed by atoms with van der Waals surface area (Å²) in [5.74, 6) is -0.0557. The third-order valence-corrected chi connectivity index (χ3v) is 4.86. The number of carbonyl (C=O) groups is 1. The molecule has 154 valence electrons. The summed E-state index contributed by atoms with van der Waals surface area (Å²) >= 11 is 0. The number of nitrogens with zero attached hydrogens (tertiary/aromatic N) is 4. The highest BCUT2D eigenvalue weighted by molar-refractivity contribution is 5.93. The highest BCUT2D eigenvalue weighted by Crippen LogP contribution is 2.43. The van der Waals surface area contributed by atoms with Gasteiger partial charge in [0.05, 0.1) is 18.0 Å². The molecule has 0 aliphatic carbocycles. The smallest absolute Gasteiger partial charge is 0.410 e. The van der Waals surface area contributed by atoms with Crippen LogP contribution in [0.4, 0.5) is 19.0 Å². The van der Waals surface area contributed by atoms with Crippen molar-refractivity contribution in [1.82, 2.24) is 24.9 Å². The number of alkyl halides is 3. The van der Waals surface area contributed by atoms with E-state index in [-0.39, 0.29) is 24.5 Å². The second-order valence-electron chi connectivity index (χ2n) is 6.96. The molecule has 3 aromatic heterocycles. The standard InChI is InChI=1S/C18H19F3N6O2/c1-10-11(9-26(2)24-10)8-22-17(28)13-7-16-23-12(14-4-3-5-29-14)6-15(18(19,20)21)27(16)25-13/h3-5,7,9,12,15,23H,6,8H2,1-2H3,(H,22,28)/t12-,15-/m0/s1. The first-order valence-electron chi connectivity index (χ1n) is 8.96. The molecule has 3 aromatic rings. The van der Waals surface area contributed by atoms with Crippen LogP contribution in [0, 0.1) is 6.92 Å². The molecule has 0 fully saturated rings. The monoisotopic (exact) mass is 408 g/mol. The molecule has 2 N–H and O–H groups in total. The molecule has 4 rings (SSSR count). The number of rotatable bonds is 4. The number of nitrogens with one attached hydrogen (secondary N) is 2. The van der Waals surface area contributed by atoms with Gasteiger partial charge in [0.1, 0.15) is 11.6 Å². The van der Waals surface area contributed by atoms with Crippen molar-refractivity contribution < 1.29 is 22.4 Å². The van der Waals surface area contributed by atoms with Crippen LogP contribution >= 0.6 is 0 Å². The molecule has 0 aromatic carbocycles. The maximum atomic E-state index is 13.6. The van der Waals surface area contributed by atoms with Gasteiger partial charge in [0.15, 0.2) is 11.7 Å². The summed E-state index contributed by atoms with van der Waals surface area (Å²) in [7, 11) is 1.76. The Morgan fingerprint density at radius 2 is 2.21 bits per heavy atom. The van der Waals surface area contributed by atoms with Crippen molar-refractivity contribution in [3.8, 4) is 0 Å². The fourth-order valence-electron chi connectivity index (χ4n) is 3.45. The van der Waals surface area contributed by atoms with Gasteiger partial charge in [-0.3, -0.25) is 9.48 Å². The number of carbonyl (C=O) groups excluding carboxylic acids is 1. The van der Waals surface area contributed by atoms with E-state index in [4.69, 9.17) is 4.42 Å². The molecule has 4 heterocycles. The van der Waals surface area contributed by atoms with Crippen molar-refractivity contribution in [3.05, 3.63) is 53.4 Å². The number of furan rings is 1. The van der Waals surface area contributed by atoms with Gasteiger partial charge >= 0.3 is 6.18 Å². The van der Waals surface area contributed by atoms with E-state index in [0.29, 0.717) is 5.76 Å². The number of aryl methyl sites for hydroxylation is 2. The van der Waals surface area contributed by atoms with Crippen LogP contribution in [-0.4, -0.2) is 31.6 Å². The third-order valence-electron chi connectivity index (χ3n) is 4.86. The van der Waals surface area contributed by atoms with E-state index in [2.05, 4.69) is 20.8 Å². The summed E-state index contributed by atoms with van der Waals surface area (Å²) in [5.41, 5.74) is 1.48. The van der Waals surface area contributed by atoms with Crippen molar-refractivity contribution in [1.29, 1.82) is 0 Å². The predicted molar refractivity (Wildman–Crippen MR) is 96.1 cm³/mol. The molecule has 2 atom stereocenters. The average molecular weight is 408 g/mol. The number of anilines is 1. The van der Waals surface area contributed by atoms with Gasteiger partial charge in [-0.1, -0.05) is 0 Å². The first-order valence-corrected chi connectivity index (χ1v) is 8.96. The van der Waals surface area contributed by atoms with E-state index < -0.39 is 24.2 Å². The van der Waals surface area contributed by atoms with E-state index >= 15 is 0 Å². The maximum Gasteiger partial charge on any atom is 0.410 e. The largest absolute Gasteiger partial charge is 0.467 e. The molecule has 1 amide bonds. The second kappa shape index (κ2) is 6.98. The molecule has 0 radical (unpaired) electrons. The lowest BCUT2D eigenvalue weighted by atomic mass is 10.0. The zero-order valence-electron chi connectivity index (χ0n) is 15.7. The van der Waals surface area contributed by atoms with Crippen molar-refractivity contribution in [2.24, 2.45) is 7.05 Å². The topological polar surface area (TPSA) is 89.9 Å². The molecular formula is C18H19F3N6O2. The molecule has 29 heavy (non-hydrogen) atoms. The summed E-state index contributed by atoms with van der Waals surface area (Å²) in [4.78, 5) is 12.5. The van der Waals surface area contributed by atoms with Gasteiger partial charge in [-0.15, -0.1) is 0 Å². The molecule has 1 aliphatic rings. The van der Waals surface area contributed by atoms with Gasteiger partial charge in [-0.05, 0) is 19.1 Å². The number of fused-ring (bicyclic) bond motifs is 1. The summed E-state index contributed by atoms with van der Waals surface area (Å²) in [6.45, 7) is 2.01. The normalized spacial score (nSPS) is 18.9. The van der Waals surface area contributed by atoms with Gasteiger partial charge in [-0.25, -0.2) is 4.68 Å². The Morgan fingerprint density at radius 1 is 1.41 bits per heavy atom. The van der Waals surface area contributed by atoms with Crippen LogP contribution in [0.3, 0.4) is 0 Å². The first-order chi connectivity index (χ1) is 13.7. The quantitative estimate of drug-likeness (QED) is 0.692. The van der Waals surface area contributed by atoms with E-state index in [0.717, 1.165) is 15.9 Å². The summed E-state index contributed by atoms with van der Waals surface area (Å²) in [5, 5.41) is 13.8. The Hall–Kier alpha value is -3.24. The van der Waals surface area contributed by atoms with E-state index in [1.165, 1.54) is 12.3 Å². The number of amides is 1. The lowest BCUT2D eigenvalue weighted by Crippen LogP contribution is -2.35. The van der Waals surface area contributed by atoms with Gasteiger partial charge in [0.25, 0.3) is 5.91 Å². The van der Waals surface area contributed by atoms with Crippen LogP contribution in [0.2, 0.25) is 0 Å². The predicted octanol–water partition coefficient (Wildman–Crippen LogP) is 3.11. The second-order valence-corrected chi connectivity index (χ2v) is 6.96. The molecular weight excluding hydrogens is 389 g/mol. The van der Waals surface area contributed by atoms with Crippen LogP contribution in [0.5, 0.6) is 0 Å². The SMILES string of the molecule is Cc1nn(C)cc1CNC(=O)c1cc2n(n1)[C@H](C(F)(F)F)C[C@@H](c1ccco1)N2. The highest BCUT2D eigenvalue weighted by Gasteiger charge is 2.47. The summed E-state index contributed by atoms with van der Waals surface area (Å²) < 4.78 is 48.6. The first kappa shape index (κ1) is 19.1. The molecule has 11 heteroatoms. The molecule has 0 bridgehead atoms. The van der Waals surface area contributed by atoms with Crippen LogP contribution in [0.1, 0.15) is 46.0 Å². The van der Waals surface area contributed by atoms with Gasteiger partial charge < -0.3 is 15.1 Å². The van der Waals surface area contributed by atoms with E-state index in [1.807, 2.05) is 6.92 Å². The molecule has 8 nitrogen and oxygen atoms in total. The zero-order valence-corrected chi connectivity index (χ0v) is 15.7. The Bertz CT molecular complexity index is 1020. The minimum absolute atomic E-state index is 0.0941. The number of aromatic nitrogens is 4. The van der Waals surface area contributed by atoms with Crippen molar-refractivity contribution in [3.63, 3.8) is 0 Å². The molecule has 0 unspecified atom stereocenters. The van der Waals surface area contributed by atoms with E-state index in [1.54, 1.807) is 30.1 Å². The fourth-order valence-corrected chi connectivity index (χ4v) is 3.45. The molecule has 1 aliphatic heterocycles. The Kier molecular flexibility index (Phi) is 4.59. The van der Waals surface area contributed by atoms with Crippen molar-refractivity contribution in [2.45, 2.75) is 38.1 Å². The Labute approximate surface area is 163 Å². The van der Waals surface area contributed by atoms with Crippen LogP contribution in [0.15, 0.2) is 35.1 Å². The van der Waals surface area contributed by atoms with E-state index in [9.17, 15) is 18.0 Å². The lowest BCUT2D eigenvalue weighted by molar-refractivity contribution is -0.174. The van der Waals surface area contributed by atoms with Gasteiger partial charge in [-0.2, -0.15) is 23.4 Å². The fraction of sp³-hybridized carbons (Fsp3) is 0.389. The lowest BCUT2D eigenvalue weighted by Gasteiger charge is -2.32. The number of hydrogen-bond donors (Lipinski definition) is 2. The van der Waals surface area contributed by atoms with Gasteiger partial charge in [0, 0.05) is 37.8 Å². The minimum atomic E-state index is -4.52. The summed E-state index contributed by atoms with van der Waals surface area (Å²) in [6.07, 6.45) is -1.64. The minimum Gasteiger partial charge on any atom is -0.467 e. The zero-order chi connectivity index (χ0) is 20.8. The average Bonchev–Trinajstić information content (AvgIpc) is 3.37. The molecule has 0 spiro atoms. The maximum absolute atomic E-state index is 13.6. The van der Waals surface area contributed by atoms with Crippen molar-refractivity contribution >= 4 is 11.7 Å². The summed E-state index contributed by atoms with van der Waals surface area (Å²) in [6, 6.07) is 2.01. The van der Waals surface area contributed by atoms with Crippen LogP contribution in [0.25, 0.3) is 0 Å². The molecule has 0 saturated carbocycles. The Balaban J connectivity index is 1.57. The number of halogens is 3. The third kappa shape index (κ3) is 3.71. The van der Waals surface area contributed by atoms with Crippen molar-refractivity contribution in [2.75, 3.05) is 5.32 Å². The number of hydrogen-bond acceptors (Lipinski definition) is 5.